The Hall–Kier alpha value is -1.98. The SMILES string of the molecule is CN=C(NCC(=O)NCc1ccco1)N1CCC(C)CC1. The number of hydrogen-bond donors (Lipinski definition) is 2. The molecular formula is C15H24N4O2. The Kier molecular flexibility index (Phi) is 5.66. The maximum Gasteiger partial charge on any atom is 0.239 e. The molecule has 0 radical (unpaired) electrons. The van der Waals surface area contributed by atoms with Crippen molar-refractivity contribution in [1.29, 1.82) is 0 Å². The zero-order valence-electron chi connectivity index (χ0n) is 12.8. The largest absolute Gasteiger partial charge is 0.467 e. The van der Waals surface area contributed by atoms with Crippen LogP contribution in [0.1, 0.15) is 25.5 Å². The first-order valence-corrected chi connectivity index (χ1v) is 7.43. The van der Waals surface area contributed by atoms with Gasteiger partial charge in [0.2, 0.25) is 5.91 Å². The van der Waals surface area contributed by atoms with E-state index in [9.17, 15) is 4.79 Å². The maximum absolute atomic E-state index is 11.8. The number of carbonyl (C=O) groups excluding carboxylic acids is 1. The van der Waals surface area contributed by atoms with Crippen molar-refractivity contribution in [2.75, 3.05) is 26.7 Å². The van der Waals surface area contributed by atoms with Gasteiger partial charge in [-0.25, -0.2) is 0 Å². The Labute approximate surface area is 125 Å². The van der Waals surface area contributed by atoms with Crippen LogP contribution in [-0.2, 0) is 11.3 Å². The van der Waals surface area contributed by atoms with E-state index >= 15 is 0 Å². The summed E-state index contributed by atoms with van der Waals surface area (Å²) in [6, 6.07) is 3.64. The third-order valence-corrected chi connectivity index (χ3v) is 3.74. The molecule has 2 heterocycles. The average Bonchev–Trinajstić information content (AvgIpc) is 3.01. The quantitative estimate of drug-likeness (QED) is 0.646. The zero-order valence-corrected chi connectivity index (χ0v) is 12.8. The molecule has 2 N–H and O–H groups in total. The third-order valence-electron chi connectivity index (χ3n) is 3.74. The standard InChI is InChI=1S/C15H24N4O2/c1-12-5-7-19(8-6-12)15(16-2)18-11-14(20)17-10-13-4-3-9-21-13/h3-4,9,12H,5-8,10-11H2,1-2H3,(H,16,18)(H,17,20). The summed E-state index contributed by atoms with van der Waals surface area (Å²) in [6.07, 6.45) is 3.94. The van der Waals surface area contributed by atoms with E-state index in [2.05, 4.69) is 27.4 Å². The van der Waals surface area contributed by atoms with Crippen LogP contribution in [0, 0.1) is 5.92 Å². The fraction of sp³-hybridized carbons (Fsp3) is 0.600. The van der Waals surface area contributed by atoms with Crippen molar-refractivity contribution in [1.82, 2.24) is 15.5 Å². The molecule has 6 heteroatoms. The van der Waals surface area contributed by atoms with E-state index in [-0.39, 0.29) is 12.5 Å². The van der Waals surface area contributed by atoms with Crippen molar-refractivity contribution in [3.05, 3.63) is 24.2 Å². The van der Waals surface area contributed by atoms with Gasteiger partial charge in [-0.15, -0.1) is 0 Å². The van der Waals surface area contributed by atoms with E-state index in [0.717, 1.165) is 30.7 Å². The summed E-state index contributed by atoms with van der Waals surface area (Å²) in [4.78, 5) is 18.3. The number of guanidine groups is 1. The predicted molar refractivity (Wildman–Crippen MR) is 81.9 cm³/mol. The minimum Gasteiger partial charge on any atom is -0.467 e. The summed E-state index contributed by atoms with van der Waals surface area (Å²) in [5.41, 5.74) is 0. The number of rotatable bonds is 4. The molecule has 0 atom stereocenters. The fourth-order valence-electron chi connectivity index (χ4n) is 2.37. The van der Waals surface area contributed by atoms with E-state index in [1.165, 1.54) is 12.8 Å². The van der Waals surface area contributed by atoms with Crippen LogP contribution in [0.25, 0.3) is 0 Å². The van der Waals surface area contributed by atoms with Crippen LogP contribution in [0.5, 0.6) is 0 Å². The lowest BCUT2D eigenvalue weighted by Crippen LogP contribution is -2.48. The van der Waals surface area contributed by atoms with Gasteiger partial charge in [-0.3, -0.25) is 9.79 Å². The lowest BCUT2D eigenvalue weighted by Gasteiger charge is -2.32. The average molecular weight is 292 g/mol. The van der Waals surface area contributed by atoms with E-state index in [4.69, 9.17) is 4.42 Å². The summed E-state index contributed by atoms with van der Waals surface area (Å²) in [6.45, 7) is 4.89. The minimum absolute atomic E-state index is 0.0714. The van der Waals surface area contributed by atoms with Gasteiger partial charge in [-0.1, -0.05) is 6.92 Å². The first-order valence-electron chi connectivity index (χ1n) is 7.43. The van der Waals surface area contributed by atoms with Crippen molar-refractivity contribution in [2.24, 2.45) is 10.9 Å². The molecule has 0 unspecified atom stereocenters. The number of hydrogen-bond acceptors (Lipinski definition) is 3. The molecule has 1 aromatic rings. The Balaban J connectivity index is 1.71. The molecule has 116 valence electrons. The van der Waals surface area contributed by atoms with Crippen molar-refractivity contribution < 1.29 is 9.21 Å². The van der Waals surface area contributed by atoms with Crippen molar-refractivity contribution in [3.8, 4) is 0 Å². The topological polar surface area (TPSA) is 69.9 Å². The van der Waals surface area contributed by atoms with E-state index in [1.807, 2.05) is 6.07 Å². The van der Waals surface area contributed by atoms with Crippen molar-refractivity contribution in [2.45, 2.75) is 26.3 Å². The van der Waals surface area contributed by atoms with Gasteiger partial charge in [0.1, 0.15) is 5.76 Å². The normalized spacial score (nSPS) is 16.9. The highest BCUT2D eigenvalue weighted by Crippen LogP contribution is 2.15. The second kappa shape index (κ2) is 7.71. The molecule has 1 fully saturated rings. The Bertz CT molecular complexity index is 462. The van der Waals surface area contributed by atoms with Crippen LogP contribution in [0.3, 0.4) is 0 Å². The highest BCUT2D eigenvalue weighted by molar-refractivity contribution is 5.86. The summed E-state index contributed by atoms with van der Waals surface area (Å²) < 4.78 is 5.17. The first kappa shape index (κ1) is 15.4. The van der Waals surface area contributed by atoms with Gasteiger partial charge in [0.25, 0.3) is 0 Å². The maximum atomic E-state index is 11.8. The van der Waals surface area contributed by atoms with Crippen LogP contribution in [0.2, 0.25) is 0 Å². The predicted octanol–water partition coefficient (Wildman–Crippen LogP) is 1.20. The highest BCUT2D eigenvalue weighted by Gasteiger charge is 2.18. The number of nitrogens with zero attached hydrogens (tertiary/aromatic N) is 2. The van der Waals surface area contributed by atoms with Crippen molar-refractivity contribution >= 4 is 11.9 Å². The van der Waals surface area contributed by atoms with Crippen LogP contribution in [0.15, 0.2) is 27.8 Å². The molecule has 0 spiro atoms. The first-order chi connectivity index (χ1) is 10.2. The fourth-order valence-corrected chi connectivity index (χ4v) is 2.37. The Morgan fingerprint density at radius 3 is 2.81 bits per heavy atom. The molecule has 1 aliphatic rings. The third kappa shape index (κ3) is 4.81. The monoisotopic (exact) mass is 292 g/mol. The number of piperidine rings is 1. The Morgan fingerprint density at radius 1 is 1.43 bits per heavy atom. The molecule has 2 rings (SSSR count). The summed E-state index contributed by atoms with van der Waals surface area (Å²) in [5, 5.41) is 5.92. The number of furan rings is 1. The number of amides is 1. The molecule has 1 saturated heterocycles. The zero-order chi connectivity index (χ0) is 15.1. The number of nitrogens with one attached hydrogen (secondary N) is 2. The second-order valence-electron chi connectivity index (χ2n) is 5.43. The van der Waals surface area contributed by atoms with E-state index in [0.29, 0.717) is 6.54 Å². The molecule has 0 aromatic carbocycles. The number of aliphatic imine (C=N–C) groups is 1. The molecule has 0 saturated carbocycles. The van der Waals surface area contributed by atoms with Gasteiger partial charge < -0.3 is 20.0 Å². The molecular weight excluding hydrogens is 268 g/mol. The van der Waals surface area contributed by atoms with Gasteiger partial charge in [0, 0.05) is 20.1 Å². The highest BCUT2D eigenvalue weighted by atomic mass is 16.3. The molecule has 6 nitrogen and oxygen atoms in total. The van der Waals surface area contributed by atoms with Crippen LogP contribution < -0.4 is 10.6 Å². The van der Waals surface area contributed by atoms with Gasteiger partial charge in [-0.2, -0.15) is 0 Å². The van der Waals surface area contributed by atoms with E-state index in [1.54, 1.807) is 19.4 Å². The molecule has 1 amide bonds. The number of carbonyl (C=O) groups is 1. The van der Waals surface area contributed by atoms with Gasteiger partial charge >= 0.3 is 0 Å². The molecule has 0 bridgehead atoms. The van der Waals surface area contributed by atoms with Crippen LogP contribution >= 0.6 is 0 Å². The summed E-state index contributed by atoms with van der Waals surface area (Å²) >= 11 is 0. The lowest BCUT2D eigenvalue weighted by atomic mass is 10.00. The van der Waals surface area contributed by atoms with Gasteiger partial charge in [0.15, 0.2) is 5.96 Å². The van der Waals surface area contributed by atoms with Crippen LogP contribution in [-0.4, -0.2) is 43.4 Å². The van der Waals surface area contributed by atoms with Gasteiger partial charge in [0.05, 0.1) is 19.4 Å². The molecule has 1 aromatic heterocycles. The Morgan fingerprint density at radius 2 is 2.19 bits per heavy atom. The summed E-state index contributed by atoms with van der Waals surface area (Å²) in [5.74, 6) is 2.25. The molecule has 21 heavy (non-hydrogen) atoms. The smallest absolute Gasteiger partial charge is 0.239 e. The lowest BCUT2D eigenvalue weighted by molar-refractivity contribution is -0.120. The second-order valence-corrected chi connectivity index (χ2v) is 5.43. The summed E-state index contributed by atoms with van der Waals surface area (Å²) in [7, 11) is 1.75. The van der Waals surface area contributed by atoms with Crippen LogP contribution in [0.4, 0.5) is 0 Å². The molecule has 0 aliphatic carbocycles. The van der Waals surface area contributed by atoms with Gasteiger partial charge in [-0.05, 0) is 30.9 Å². The number of likely N-dealkylation sites (tertiary alicyclic amines) is 1. The molecule has 1 aliphatic heterocycles. The minimum atomic E-state index is -0.0714. The van der Waals surface area contributed by atoms with Crippen molar-refractivity contribution in [3.63, 3.8) is 0 Å². The van der Waals surface area contributed by atoms with E-state index < -0.39 is 0 Å².